The molecule has 0 N–H and O–H groups in total. The Morgan fingerprint density at radius 3 is 1.40 bits per heavy atom. The molecule has 1 unspecified atom stereocenters. The van der Waals surface area contributed by atoms with E-state index < -0.39 is 0 Å². The first-order valence-corrected chi connectivity index (χ1v) is 28.6. The molecule has 0 saturated carbocycles. The molecule has 6 aromatic rings. The van der Waals surface area contributed by atoms with Gasteiger partial charge in [-0.15, -0.1) is 0 Å². The van der Waals surface area contributed by atoms with E-state index in [2.05, 4.69) is 277 Å². The highest BCUT2D eigenvalue weighted by Gasteiger charge is 2.51. The number of amides is 2. The van der Waals surface area contributed by atoms with E-state index in [9.17, 15) is 0 Å². The van der Waals surface area contributed by atoms with Crippen LogP contribution in [0.2, 0.25) is 0 Å². The van der Waals surface area contributed by atoms with Gasteiger partial charge >= 0.3 is 6.03 Å². The van der Waals surface area contributed by atoms with Crippen LogP contribution in [0.1, 0.15) is 140 Å². The molecule has 4 nitrogen and oxygen atoms in total. The molecular formula is C71H83B2N3O. The predicted molar refractivity (Wildman–Crippen MR) is 333 cm³/mol. The number of anilines is 3. The van der Waals surface area contributed by atoms with Gasteiger partial charge in [-0.05, 0) is 128 Å². The van der Waals surface area contributed by atoms with Crippen molar-refractivity contribution in [1.82, 2.24) is 0 Å². The Kier molecular flexibility index (Phi) is 14.0. The van der Waals surface area contributed by atoms with E-state index in [1.807, 2.05) is 4.90 Å². The van der Waals surface area contributed by atoms with Crippen molar-refractivity contribution in [1.29, 1.82) is 0 Å². The molecule has 3 aliphatic heterocycles. The Bertz CT molecular complexity index is 3310. The van der Waals surface area contributed by atoms with Crippen LogP contribution >= 0.6 is 0 Å². The topological polar surface area (TPSA) is 26.8 Å². The van der Waals surface area contributed by atoms with Gasteiger partial charge < -0.3 is 0 Å². The number of carbonyl (C=O) groups excluding carboxylic acids is 1. The van der Waals surface area contributed by atoms with Gasteiger partial charge in [0.1, 0.15) is 11.6 Å². The number of urea groups is 1. The van der Waals surface area contributed by atoms with Crippen LogP contribution in [0.5, 0.6) is 0 Å². The summed E-state index contributed by atoms with van der Waals surface area (Å²) in [6, 6.07) is 50.6. The average molecular weight is 1020 g/mol. The van der Waals surface area contributed by atoms with Crippen molar-refractivity contribution in [3.05, 3.63) is 203 Å². The lowest BCUT2D eigenvalue weighted by molar-refractivity contribution is 0.252. The van der Waals surface area contributed by atoms with Crippen LogP contribution in [-0.4, -0.2) is 19.5 Å². The molecule has 6 aromatic carbocycles. The van der Waals surface area contributed by atoms with Crippen molar-refractivity contribution < 1.29 is 4.79 Å². The van der Waals surface area contributed by atoms with Crippen LogP contribution in [0.15, 0.2) is 186 Å². The average Bonchev–Trinajstić information content (AvgIpc) is 3.40. The lowest BCUT2D eigenvalue weighted by atomic mass is 9.31. The number of nitrogens with zero attached hydrogens (tertiary/aromatic N) is 3. The molecule has 4 aliphatic rings. The van der Waals surface area contributed by atoms with E-state index in [-0.39, 0.29) is 46.5 Å². The molecule has 77 heavy (non-hydrogen) atoms. The van der Waals surface area contributed by atoms with Gasteiger partial charge in [-0.2, -0.15) is 0 Å². The molecule has 0 aromatic heterocycles. The number of allylic oxidation sites excluding steroid dienone is 4. The molecule has 1 fully saturated rings. The van der Waals surface area contributed by atoms with Crippen LogP contribution in [0.4, 0.5) is 21.9 Å². The molecule has 394 valence electrons. The molecule has 10 rings (SSSR count). The highest BCUT2D eigenvalue weighted by Crippen LogP contribution is 2.48. The second-order valence-electron chi connectivity index (χ2n) is 28.7. The van der Waals surface area contributed by atoms with E-state index >= 15 is 4.79 Å². The summed E-state index contributed by atoms with van der Waals surface area (Å²) in [5.74, 6) is 7.09. The Balaban J connectivity index is 1.36. The third-order valence-electron chi connectivity index (χ3n) is 15.8. The maximum atomic E-state index is 16.8. The summed E-state index contributed by atoms with van der Waals surface area (Å²) in [4.78, 5) is 23.4. The monoisotopic (exact) mass is 1020 g/mol. The lowest BCUT2D eigenvalue weighted by Crippen LogP contribution is -2.65. The molecular weight excluding hydrogens is 932 g/mol. The molecule has 2 amide bonds. The molecule has 0 radical (unpaired) electrons. The zero-order chi connectivity index (χ0) is 55.0. The van der Waals surface area contributed by atoms with Gasteiger partial charge in [0.05, 0.1) is 11.4 Å². The molecule has 1 atom stereocenters. The van der Waals surface area contributed by atoms with Crippen molar-refractivity contribution in [2.75, 3.05) is 14.7 Å². The van der Waals surface area contributed by atoms with E-state index in [0.29, 0.717) is 5.92 Å². The summed E-state index contributed by atoms with van der Waals surface area (Å²) in [5, 5.41) is 0. The number of benzene rings is 6. The van der Waals surface area contributed by atoms with Crippen molar-refractivity contribution in [2.24, 2.45) is 27.6 Å². The van der Waals surface area contributed by atoms with Gasteiger partial charge in [0.2, 0.25) is 13.4 Å². The number of hydrogen-bond acceptors (Lipinski definition) is 2. The van der Waals surface area contributed by atoms with Crippen LogP contribution in [0.3, 0.4) is 0 Å². The van der Waals surface area contributed by atoms with E-state index in [1.54, 1.807) is 0 Å². The highest BCUT2D eigenvalue weighted by atomic mass is 16.2. The second-order valence-corrected chi connectivity index (χ2v) is 28.7. The van der Waals surface area contributed by atoms with Crippen LogP contribution < -0.4 is 31.1 Å². The summed E-state index contributed by atoms with van der Waals surface area (Å²) < 4.78 is 0. The number of hydrogen-bond donors (Lipinski definition) is 0. The zero-order valence-electron chi connectivity index (χ0n) is 49.1. The summed E-state index contributed by atoms with van der Waals surface area (Å²) in [7, 11) is 0. The van der Waals surface area contributed by atoms with Crippen LogP contribution in [0.25, 0.3) is 22.3 Å². The van der Waals surface area contributed by atoms with E-state index in [1.165, 1.54) is 49.8 Å². The fourth-order valence-corrected chi connectivity index (χ4v) is 12.9. The van der Waals surface area contributed by atoms with Gasteiger partial charge in [0, 0.05) is 5.69 Å². The third kappa shape index (κ3) is 11.3. The Morgan fingerprint density at radius 2 is 0.935 bits per heavy atom. The van der Waals surface area contributed by atoms with Gasteiger partial charge in [0.25, 0.3) is 0 Å². The lowest BCUT2D eigenvalue weighted by Gasteiger charge is -2.52. The predicted octanol–water partition coefficient (Wildman–Crippen LogP) is 16.8. The molecule has 1 saturated heterocycles. The molecule has 6 heteroatoms. The maximum Gasteiger partial charge on any atom is 0.340 e. The molecule has 3 heterocycles. The Morgan fingerprint density at radius 1 is 0.481 bits per heavy atom. The first kappa shape index (κ1) is 53.9. The fraction of sp³-hybridized carbons (Fsp3) is 0.366. The van der Waals surface area contributed by atoms with Crippen LogP contribution in [0, 0.1) is 27.6 Å². The quantitative estimate of drug-likeness (QED) is 0.128. The van der Waals surface area contributed by atoms with Crippen molar-refractivity contribution in [3.63, 3.8) is 0 Å². The van der Waals surface area contributed by atoms with Gasteiger partial charge in [-0.3, -0.25) is 4.90 Å². The largest absolute Gasteiger partial charge is 0.340 e. The SMILES string of the molecule is CC(C)(C)CC1=C(B2C=C3N(c4cccc(-c5ccccc5)c4)C(=O)N(c4cccc(-c5ccccc5)c4)C4=CB(c5c(CC(C)(C)C)cccc5CC(C)(C)C)c5cc(C(C)(C)C)cc2c5N34)C(CC(C)(C)C)CC=C1. The summed E-state index contributed by atoms with van der Waals surface area (Å²) in [6.07, 6.45) is 9.78. The van der Waals surface area contributed by atoms with Crippen molar-refractivity contribution in [2.45, 2.75) is 141 Å². The van der Waals surface area contributed by atoms with Crippen molar-refractivity contribution >= 4 is 52.9 Å². The van der Waals surface area contributed by atoms with Gasteiger partial charge in [-0.1, -0.05) is 271 Å². The standard InChI is InChI=1S/C71H83B2N3O/c1-67(2,3)42-52-32-22-33-53(43-68(4,5)6)63(52)72-46-61-74(57-36-24-30-50(38-57)48-26-18-16-19-27-48)66(77)75(58-37-25-31-51(39-58)49-28-20-17-21-29-49)62-47-73(60-41-56(71(13,14)15)40-59(72)65(60)76(61)62)64-54(44-69(7,8)9)34-23-35-55(64)45-70(10,11)12/h16-34,36-41,46-47,55H,35,42-45H2,1-15H3. The summed E-state index contributed by atoms with van der Waals surface area (Å²) in [5.41, 5.74) is 18.4. The van der Waals surface area contributed by atoms with Gasteiger partial charge in [-0.25, -0.2) is 14.6 Å². The minimum atomic E-state index is -0.159. The first-order chi connectivity index (χ1) is 36.2. The molecule has 0 bridgehead atoms. The van der Waals surface area contributed by atoms with E-state index in [0.717, 1.165) is 77.4 Å². The zero-order valence-corrected chi connectivity index (χ0v) is 49.1. The highest BCUT2D eigenvalue weighted by molar-refractivity contribution is 6.94. The maximum absolute atomic E-state index is 16.8. The van der Waals surface area contributed by atoms with Crippen molar-refractivity contribution in [3.8, 4) is 22.3 Å². The van der Waals surface area contributed by atoms with Crippen LogP contribution in [-0.2, 0) is 18.3 Å². The smallest absolute Gasteiger partial charge is 0.284 e. The molecule has 1 aliphatic carbocycles. The summed E-state index contributed by atoms with van der Waals surface area (Å²) in [6.45, 7) is 35.5. The third-order valence-corrected chi connectivity index (χ3v) is 15.8. The van der Waals surface area contributed by atoms with E-state index in [4.69, 9.17) is 0 Å². The fourth-order valence-electron chi connectivity index (χ4n) is 12.9. The number of carbonyl (C=O) groups is 1. The molecule has 0 spiro atoms. The number of rotatable bonds is 10. The Hall–Kier alpha value is -6.52. The van der Waals surface area contributed by atoms with Gasteiger partial charge in [0.15, 0.2) is 0 Å². The minimum Gasteiger partial charge on any atom is -0.284 e. The summed E-state index contributed by atoms with van der Waals surface area (Å²) >= 11 is 0. The normalized spacial score (nSPS) is 17.0. The minimum absolute atomic E-state index is 0.0304. The first-order valence-electron chi connectivity index (χ1n) is 28.6. The Labute approximate surface area is 464 Å². The second kappa shape index (κ2) is 20.0.